The molecule has 1 amide bonds. The van der Waals surface area contributed by atoms with E-state index in [0.717, 1.165) is 0 Å². The van der Waals surface area contributed by atoms with E-state index in [1.54, 1.807) is 18.2 Å². The standard InChI is InChI=1S/C15H16F2N4O/c16-15(17)7-3-4-10(8-15)9-18-14(22)13-19-11-5-1-2-6-12(11)20-21-13/h1-2,5-6,10H,3-4,7-9H2,(H,18,22). The molecule has 0 bridgehead atoms. The molecule has 1 N–H and O–H groups in total. The molecule has 7 heteroatoms. The number of carbonyl (C=O) groups excluding carboxylic acids is 1. The third kappa shape index (κ3) is 3.35. The Balaban J connectivity index is 1.63. The van der Waals surface area contributed by atoms with E-state index in [4.69, 9.17) is 0 Å². The van der Waals surface area contributed by atoms with Crippen LogP contribution >= 0.6 is 0 Å². The van der Waals surface area contributed by atoms with E-state index in [0.29, 0.717) is 23.9 Å². The van der Waals surface area contributed by atoms with Crippen LogP contribution in [0.3, 0.4) is 0 Å². The molecular weight excluding hydrogens is 290 g/mol. The molecule has 116 valence electrons. The van der Waals surface area contributed by atoms with Crippen molar-refractivity contribution in [3.05, 3.63) is 30.1 Å². The summed E-state index contributed by atoms with van der Waals surface area (Å²) < 4.78 is 26.7. The van der Waals surface area contributed by atoms with E-state index in [1.807, 2.05) is 6.07 Å². The number of hydrogen-bond acceptors (Lipinski definition) is 4. The molecule has 1 aromatic heterocycles. The molecule has 5 nitrogen and oxygen atoms in total. The number of nitrogens with one attached hydrogen (secondary N) is 1. The predicted octanol–water partition coefficient (Wildman–Crippen LogP) is 2.58. The van der Waals surface area contributed by atoms with Gasteiger partial charge in [0.2, 0.25) is 11.7 Å². The molecule has 2 aromatic rings. The number of fused-ring (bicyclic) bond motifs is 1. The average molecular weight is 306 g/mol. The molecule has 1 atom stereocenters. The molecule has 0 aliphatic heterocycles. The lowest BCUT2D eigenvalue weighted by Gasteiger charge is -2.28. The number of carbonyl (C=O) groups is 1. The average Bonchev–Trinajstić information content (AvgIpc) is 2.51. The first-order valence-corrected chi connectivity index (χ1v) is 7.29. The van der Waals surface area contributed by atoms with Gasteiger partial charge in [-0.15, -0.1) is 10.2 Å². The summed E-state index contributed by atoms with van der Waals surface area (Å²) >= 11 is 0. The lowest BCUT2D eigenvalue weighted by atomic mass is 9.86. The first-order valence-electron chi connectivity index (χ1n) is 7.29. The second-order valence-corrected chi connectivity index (χ2v) is 5.65. The first kappa shape index (κ1) is 14.7. The van der Waals surface area contributed by atoms with Gasteiger partial charge in [0.15, 0.2) is 0 Å². The van der Waals surface area contributed by atoms with Crippen molar-refractivity contribution < 1.29 is 13.6 Å². The molecule has 0 spiro atoms. The van der Waals surface area contributed by atoms with Gasteiger partial charge in [-0.1, -0.05) is 12.1 Å². The summed E-state index contributed by atoms with van der Waals surface area (Å²) in [7, 11) is 0. The molecule has 3 rings (SSSR count). The quantitative estimate of drug-likeness (QED) is 0.946. The molecule has 1 heterocycles. The summed E-state index contributed by atoms with van der Waals surface area (Å²) in [5, 5.41) is 10.3. The second-order valence-electron chi connectivity index (χ2n) is 5.65. The van der Waals surface area contributed by atoms with E-state index in [9.17, 15) is 13.6 Å². The largest absolute Gasteiger partial charge is 0.349 e. The van der Waals surface area contributed by atoms with Crippen LogP contribution in [0.1, 0.15) is 36.3 Å². The highest BCUT2D eigenvalue weighted by Crippen LogP contribution is 2.36. The van der Waals surface area contributed by atoms with Crippen LogP contribution in [0.25, 0.3) is 11.0 Å². The Morgan fingerprint density at radius 2 is 2.05 bits per heavy atom. The Morgan fingerprint density at radius 1 is 1.27 bits per heavy atom. The Hall–Kier alpha value is -2.18. The van der Waals surface area contributed by atoms with Gasteiger partial charge < -0.3 is 5.32 Å². The van der Waals surface area contributed by atoms with Gasteiger partial charge in [-0.05, 0) is 30.9 Å². The number of nitrogens with zero attached hydrogens (tertiary/aromatic N) is 3. The van der Waals surface area contributed by atoms with Gasteiger partial charge in [0.1, 0.15) is 5.52 Å². The Morgan fingerprint density at radius 3 is 2.82 bits per heavy atom. The normalized spacial score (nSPS) is 20.7. The van der Waals surface area contributed by atoms with Crippen molar-refractivity contribution in [3.8, 4) is 0 Å². The van der Waals surface area contributed by atoms with E-state index >= 15 is 0 Å². The maximum absolute atomic E-state index is 13.3. The van der Waals surface area contributed by atoms with Crippen molar-refractivity contribution in [2.24, 2.45) is 5.92 Å². The van der Waals surface area contributed by atoms with Crippen molar-refractivity contribution in [2.75, 3.05) is 6.54 Å². The molecule has 1 fully saturated rings. The highest BCUT2D eigenvalue weighted by molar-refractivity contribution is 5.91. The summed E-state index contributed by atoms with van der Waals surface area (Å²) in [6.45, 7) is 0.213. The SMILES string of the molecule is O=C(NCC1CCCC(F)(F)C1)c1nnc2ccccc2n1. The zero-order chi connectivity index (χ0) is 15.6. The smallest absolute Gasteiger partial charge is 0.291 e. The lowest BCUT2D eigenvalue weighted by Crippen LogP contribution is -2.35. The van der Waals surface area contributed by atoms with Gasteiger partial charge in [0, 0.05) is 19.4 Å². The van der Waals surface area contributed by atoms with Gasteiger partial charge in [0.25, 0.3) is 5.91 Å². The molecule has 0 saturated heterocycles. The van der Waals surface area contributed by atoms with Gasteiger partial charge in [-0.2, -0.15) is 0 Å². The molecular formula is C15H16F2N4O. The Kier molecular flexibility index (Phi) is 3.96. The van der Waals surface area contributed by atoms with Crippen molar-refractivity contribution in [1.29, 1.82) is 0 Å². The highest BCUT2D eigenvalue weighted by Gasteiger charge is 2.36. The summed E-state index contributed by atoms with van der Waals surface area (Å²) in [4.78, 5) is 16.2. The summed E-state index contributed by atoms with van der Waals surface area (Å²) in [5.74, 6) is -3.34. The number of alkyl halides is 2. The zero-order valence-electron chi connectivity index (χ0n) is 11.9. The molecule has 1 unspecified atom stereocenters. The van der Waals surface area contributed by atoms with Crippen LogP contribution in [-0.4, -0.2) is 33.6 Å². The first-order chi connectivity index (χ1) is 10.5. The van der Waals surface area contributed by atoms with E-state index in [-0.39, 0.29) is 31.1 Å². The third-order valence-corrected chi connectivity index (χ3v) is 3.86. The topological polar surface area (TPSA) is 67.8 Å². The molecule has 1 aromatic carbocycles. The summed E-state index contributed by atoms with van der Waals surface area (Å²) in [6, 6.07) is 7.09. The fourth-order valence-electron chi connectivity index (χ4n) is 2.74. The fourth-order valence-corrected chi connectivity index (χ4v) is 2.74. The van der Waals surface area contributed by atoms with E-state index in [1.165, 1.54) is 0 Å². The maximum atomic E-state index is 13.3. The third-order valence-electron chi connectivity index (χ3n) is 3.86. The van der Waals surface area contributed by atoms with Gasteiger partial charge in [0.05, 0.1) is 5.52 Å². The number of benzene rings is 1. The van der Waals surface area contributed by atoms with Crippen molar-refractivity contribution in [1.82, 2.24) is 20.5 Å². The van der Waals surface area contributed by atoms with Gasteiger partial charge >= 0.3 is 0 Å². The van der Waals surface area contributed by atoms with Crippen LogP contribution in [0.5, 0.6) is 0 Å². The maximum Gasteiger partial charge on any atom is 0.291 e. The van der Waals surface area contributed by atoms with Crippen LogP contribution in [0.4, 0.5) is 8.78 Å². The van der Waals surface area contributed by atoms with Crippen molar-refractivity contribution >= 4 is 16.9 Å². The van der Waals surface area contributed by atoms with Crippen LogP contribution < -0.4 is 5.32 Å². The Bertz CT molecular complexity index is 692. The number of hydrogen-bond donors (Lipinski definition) is 1. The highest BCUT2D eigenvalue weighted by atomic mass is 19.3. The van der Waals surface area contributed by atoms with Crippen molar-refractivity contribution in [3.63, 3.8) is 0 Å². The number of para-hydroxylation sites is 1. The molecule has 1 saturated carbocycles. The molecule has 1 aliphatic rings. The van der Waals surface area contributed by atoms with Crippen LogP contribution in [0.15, 0.2) is 24.3 Å². The zero-order valence-corrected chi connectivity index (χ0v) is 11.9. The minimum absolute atomic E-state index is 0.0405. The number of halogens is 2. The molecule has 1 aliphatic carbocycles. The summed E-state index contributed by atoms with van der Waals surface area (Å²) in [6.07, 6.45) is 0.952. The minimum atomic E-state index is -2.62. The van der Waals surface area contributed by atoms with Crippen LogP contribution in [0.2, 0.25) is 0 Å². The minimum Gasteiger partial charge on any atom is -0.349 e. The molecule has 0 radical (unpaired) electrons. The monoisotopic (exact) mass is 306 g/mol. The second kappa shape index (κ2) is 5.90. The number of rotatable bonds is 3. The van der Waals surface area contributed by atoms with Crippen LogP contribution in [-0.2, 0) is 0 Å². The van der Waals surface area contributed by atoms with Crippen molar-refractivity contribution in [2.45, 2.75) is 31.6 Å². The molecule has 22 heavy (non-hydrogen) atoms. The summed E-state index contributed by atoms with van der Waals surface area (Å²) in [5.41, 5.74) is 1.18. The number of aromatic nitrogens is 3. The van der Waals surface area contributed by atoms with Gasteiger partial charge in [-0.25, -0.2) is 13.8 Å². The van der Waals surface area contributed by atoms with Gasteiger partial charge in [-0.3, -0.25) is 4.79 Å². The van der Waals surface area contributed by atoms with Crippen LogP contribution in [0, 0.1) is 5.92 Å². The lowest BCUT2D eigenvalue weighted by molar-refractivity contribution is -0.0518. The Labute approximate surface area is 126 Å². The fraction of sp³-hybridized carbons (Fsp3) is 0.467. The predicted molar refractivity (Wildman–Crippen MR) is 76.6 cm³/mol. The van der Waals surface area contributed by atoms with E-state index < -0.39 is 11.8 Å². The van der Waals surface area contributed by atoms with E-state index in [2.05, 4.69) is 20.5 Å². The number of amides is 1.